The monoisotopic (exact) mass is 448 g/mol. The number of nitrogens with zero attached hydrogens (tertiary/aromatic N) is 2. The number of aromatic nitrogens is 2. The molecule has 1 aliphatic rings. The predicted octanol–water partition coefficient (Wildman–Crippen LogP) is 6.09. The lowest BCUT2D eigenvalue weighted by Gasteiger charge is -2.37. The molecule has 0 radical (unpaired) electrons. The normalized spacial score (nSPS) is 21.9. The Morgan fingerprint density at radius 2 is 1.88 bits per heavy atom. The standard InChI is InChI=1S/C28H36N2O3/c1-5-27-29-23-8-6-7-9-24(23)30(27)25(17-20-11-13-21(31)14-12-20)28(32)33-26-16-19(4)10-15-22(26)18(2)3/h6-9,11-14,18-19,22,25-26,31H,5,10,15-17H2,1-4H3/t19?,22-,25?,26?/m0/s1. The minimum absolute atomic E-state index is 0.0524. The van der Waals surface area contributed by atoms with Crippen molar-refractivity contribution >= 4 is 17.0 Å². The summed E-state index contributed by atoms with van der Waals surface area (Å²) >= 11 is 0. The van der Waals surface area contributed by atoms with Gasteiger partial charge in [0, 0.05) is 12.8 Å². The van der Waals surface area contributed by atoms with Crippen molar-refractivity contribution in [3.8, 4) is 5.75 Å². The van der Waals surface area contributed by atoms with E-state index in [4.69, 9.17) is 9.72 Å². The van der Waals surface area contributed by atoms with Crippen molar-refractivity contribution in [2.75, 3.05) is 0 Å². The van der Waals surface area contributed by atoms with Crippen molar-refractivity contribution in [3.05, 3.63) is 59.9 Å². The van der Waals surface area contributed by atoms with E-state index in [0.717, 1.165) is 41.7 Å². The van der Waals surface area contributed by atoms with Crippen molar-refractivity contribution < 1.29 is 14.6 Å². The largest absolute Gasteiger partial charge is 0.508 e. The van der Waals surface area contributed by atoms with Crippen LogP contribution >= 0.6 is 0 Å². The SMILES string of the molecule is CCc1nc2ccccc2n1C(Cc1ccc(O)cc1)C(=O)OC1CC(C)CC[C@H]1C(C)C. The molecule has 3 unspecified atom stereocenters. The quantitative estimate of drug-likeness (QED) is 0.444. The maximum absolute atomic E-state index is 13.8. The summed E-state index contributed by atoms with van der Waals surface area (Å²) in [5, 5.41) is 9.72. The number of imidazole rings is 1. The third-order valence-corrected chi connectivity index (χ3v) is 7.16. The van der Waals surface area contributed by atoms with Crippen molar-refractivity contribution in [3.63, 3.8) is 0 Å². The van der Waals surface area contributed by atoms with Gasteiger partial charge in [0.1, 0.15) is 23.7 Å². The van der Waals surface area contributed by atoms with Gasteiger partial charge in [0.25, 0.3) is 0 Å². The second-order valence-electron chi connectivity index (χ2n) is 9.93. The van der Waals surface area contributed by atoms with Crippen molar-refractivity contribution in [2.24, 2.45) is 17.8 Å². The van der Waals surface area contributed by atoms with Gasteiger partial charge in [0.15, 0.2) is 0 Å². The average molecular weight is 449 g/mol. The molecular weight excluding hydrogens is 412 g/mol. The van der Waals surface area contributed by atoms with Crippen LogP contribution in [0, 0.1) is 17.8 Å². The second-order valence-corrected chi connectivity index (χ2v) is 9.93. The molecule has 3 aromatic rings. The molecule has 5 heteroatoms. The van der Waals surface area contributed by atoms with Gasteiger partial charge < -0.3 is 14.4 Å². The number of rotatable bonds is 7. The molecule has 176 valence electrons. The Balaban J connectivity index is 1.71. The number of hydrogen-bond donors (Lipinski definition) is 1. The smallest absolute Gasteiger partial charge is 0.329 e. The van der Waals surface area contributed by atoms with E-state index in [-0.39, 0.29) is 17.8 Å². The highest BCUT2D eigenvalue weighted by molar-refractivity contribution is 5.81. The molecule has 4 atom stereocenters. The van der Waals surface area contributed by atoms with Gasteiger partial charge >= 0.3 is 5.97 Å². The van der Waals surface area contributed by atoms with Gasteiger partial charge in [0.05, 0.1) is 11.0 Å². The highest BCUT2D eigenvalue weighted by Gasteiger charge is 2.36. The van der Waals surface area contributed by atoms with E-state index in [1.165, 1.54) is 6.42 Å². The number of fused-ring (bicyclic) bond motifs is 1. The lowest BCUT2D eigenvalue weighted by Crippen LogP contribution is -2.38. The molecule has 1 fully saturated rings. The fourth-order valence-electron chi connectivity index (χ4n) is 5.30. The zero-order valence-corrected chi connectivity index (χ0v) is 20.2. The van der Waals surface area contributed by atoms with Crippen molar-refractivity contribution in [1.82, 2.24) is 9.55 Å². The molecule has 0 spiro atoms. The Hall–Kier alpha value is -2.82. The van der Waals surface area contributed by atoms with Gasteiger partial charge in [-0.05, 0) is 60.4 Å². The first-order chi connectivity index (χ1) is 15.9. The summed E-state index contributed by atoms with van der Waals surface area (Å²) in [4.78, 5) is 18.7. The lowest BCUT2D eigenvalue weighted by atomic mass is 9.75. The van der Waals surface area contributed by atoms with E-state index < -0.39 is 6.04 Å². The minimum atomic E-state index is -0.512. The second kappa shape index (κ2) is 9.98. The maximum Gasteiger partial charge on any atom is 0.329 e. The van der Waals surface area contributed by atoms with Crippen LogP contribution < -0.4 is 0 Å². The number of para-hydroxylation sites is 2. The van der Waals surface area contributed by atoms with Crippen LogP contribution in [0.4, 0.5) is 0 Å². The summed E-state index contributed by atoms with van der Waals surface area (Å²) in [6, 6.07) is 14.6. The fourth-order valence-corrected chi connectivity index (χ4v) is 5.30. The summed E-state index contributed by atoms with van der Waals surface area (Å²) in [6.07, 6.45) is 4.38. The van der Waals surface area contributed by atoms with Crippen LogP contribution in [0.1, 0.15) is 64.4 Å². The number of phenolic OH excluding ortho intramolecular Hbond substituents is 1. The van der Waals surface area contributed by atoms with Crippen LogP contribution in [0.2, 0.25) is 0 Å². The summed E-state index contributed by atoms with van der Waals surface area (Å²) in [7, 11) is 0. The van der Waals surface area contributed by atoms with E-state index in [9.17, 15) is 9.90 Å². The molecule has 1 N–H and O–H groups in total. The van der Waals surface area contributed by atoms with Gasteiger partial charge in [-0.25, -0.2) is 9.78 Å². The third-order valence-electron chi connectivity index (χ3n) is 7.16. The predicted molar refractivity (Wildman–Crippen MR) is 131 cm³/mol. The molecule has 33 heavy (non-hydrogen) atoms. The first kappa shape index (κ1) is 23.3. The molecule has 5 nitrogen and oxygen atoms in total. The number of phenols is 1. The Morgan fingerprint density at radius 1 is 1.15 bits per heavy atom. The number of carbonyl (C=O) groups excluding carboxylic acids is 1. The van der Waals surface area contributed by atoms with E-state index in [0.29, 0.717) is 24.2 Å². The number of aryl methyl sites for hydroxylation is 1. The Kier molecular flexibility index (Phi) is 7.06. The summed E-state index contributed by atoms with van der Waals surface area (Å²) in [5.41, 5.74) is 2.82. The van der Waals surface area contributed by atoms with Crippen molar-refractivity contribution in [1.29, 1.82) is 0 Å². The molecule has 1 heterocycles. The molecular formula is C28H36N2O3. The minimum Gasteiger partial charge on any atom is -0.508 e. The molecule has 0 bridgehead atoms. The Morgan fingerprint density at radius 3 is 2.58 bits per heavy atom. The van der Waals surface area contributed by atoms with Crippen LogP contribution in [0.15, 0.2) is 48.5 Å². The van der Waals surface area contributed by atoms with Crippen LogP contribution in [-0.4, -0.2) is 26.7 Å². The van der Waals surface area contributed by atoms with Crippen LogP contribution in [-0.2, 0) is 22.4 Å². The number of carbonyl (C=O) groups is 1. The zero-order valence-electron chi connectivity index (χ0n) is 20.2. The van der Waals surface area contributed by atoms with Gasteiger partial charge in [-0.2, -0.15) is 0 Å². The molecule has 1 aromatic heterocycles. The Labute approximate surface area is 196 Å². The molecule has 0 saturated heterocycles. The van der Waals surface area contributed by atoms with E-state index in [1.54, 1.807) is 12.1 Å². The maximum atomic E-state index is 13.8. The Bertz CT molecular complexity index is 1090. The number of ether oxygens (including phenoxy) is 1. The van der Waals surface area contributed by atoms with E-state index >= 15 is 0 Å². The molecule has 1 saturated carbocycles. The number of benzene rings is 2. The average Bonchev–Trinajstić information content (AvgIpc) is 3.17. The molecule has 0 aliphatic heterocycles. The number of hydrogen-bond acceptors (Lipinski definition) is 4. The first-order valence-electron chi connectivity index (χ1n) is 12.3. The molecule has 4 rings (SSSR count). The van der Waals surface area contributed by atoms with Gasteiger partial charge in [0.2, 0.25) is 0 Å². The highest BCUT2D eigenvalue weighted by atomic mass is 16.5. The zero-order chi connectivity index (χ0) is 23.5. The van der Waals surface area contributed by atoms with Crippen LogP contribution in [0.3, 0.4) is 0 Å². The number of aromatic hydroxyl groups is 1. The van der Waals surface area contributed by atoms with Crippen LogP contribution in [0.25, 0.3) is 11.0 Å². The lowest BCUT2D eigenvalue weighted by molar-refractivity contribution is -0.160. The van der Waals surface area contributed by atoms with Gasteiger partial charge in [-0.1, -0.05) is 58.4 Å². The molecule has 0 amide bonds. The summed E-state index contributed by atoms with van der Waals surface area (Å²) < 4.78 is 8.40. The highest BCUT2D eigenvalue weighted by Crippen LogP contribution is 2.36. The van der Waals surface area contributed by atoms with Gasteiger partial charge in [-0.15, -0.1) is 0 Å². The molecule has 1 aliphatic carbocycles. The topological polar surface area (TPSA) is 64.3 Å². The van der Waals surface area contributed by atoms with E-state index in [2.05, 4.69) is 32.3 Å². The summed E-state index contributed by atoms with van der Waals surface area (Å²) in [5.74, 6) is 2.35. The van der Waals surface area contributed by atoms with Crippen LogP contribution in [0.5, 0.6) is 5.75 Å². The first-order valence-corrected chi connectivity index (χ1v) is 12.3. The fraction of sp³-hybridized carbons (Fsp3) is 0.500. The summed E-state index contributed by atoms with van der Waals surface area (Å²) in [6.45, 7) is 8.78. The van der Waals surface area contributed by atoms with Crippen molar-refractivity contribution in [2.45, 2.75) is 71.9 Å². The van der Waals surface area contributed by atoms with Gasteiger partial charge in [-0.3, -0.25) is 0 Å². The molecule has 2 aromatic carbocycles. The number of esters is 1. The third kappa shape index (κ3) is 5.07. The van der Waals surface area contributed by atoms with E-state index in [1.807, 2.05) is 36.4 Å².